The van der Waals surface area contributed by atoms with Crippen molar-refractivity contribution < 1.29 is 9.90 Å². The molecule has 32 heavy (non-hydrogen) atoms. The number of nitrogens with one attached hydrogen (secondary N) is 1. The Morgan fingerprint density at radius 3 is 2.34 bits per heavy atom. The molecule has 0 radical (unpaired) electrons. The molecule has 2 saturated carbocycles. The molecule has 0 aromatic heterocycles. The van der Waals surface area contributed by atoms with E-state index in [1.165, 1.54) is 37.7 Å². The molecular formula is C29H49NO2. The molecule has 182 valence electrons. The zero-order valence-electron chi connectivity index (χ0n) is 21.0. The average molecular weight is 444 g/mol. The highest BCUT2D eigenvalue weighted by Gasteiger charge is 2.33. The van der Waals surface area contributed by atoms with Gasteiger partial charge in [0, 0.05) is 24.4 Å². The van der Waals surface area contributed by atoms with E-state index in [1.54, 1.807) is 0 Å². The number of rotatable bonds is 14. The van der Waals surface area contributed by atoms with E-state index in [0.717, 1.165) is 69.9 Å². The van der Waals surface area contributed by atoms with Crippen LogP contribution in [0, 0.1) is 11.8 Å². The van der Waals surface area contributed by atoms with E-state index in [2.05, 4.69) is 38.2 Å². The number of benzene rings is 1. The summed E-state index contributed by atoms with van der Waals surface area (Å²) in [6.07, 6.45) is 15.4. The maximum atomic E-state index is 12.0. The number of ketones is 1. The zero-order valence-corrected chi connectivity index (χ0v) is 21.0. The van der Waals surface area contributed by atoms with Gasteiger partial charge in [-0.2, -0.15) is 0 Å². The van der Waals surface area contributed by atoms with Gasteiger partial charge in [-0.05, 0) is 76.2 Å². The van der Waals surface area contributed by atoms with Crippen LogP contribution in [0.25, 0.3) is 0 Å². The highest BCUT2D eigenvalue weighted by molar-refractivity contribution is 5.83. The summed E-state index contributed by atoms with van der Waals surface area (Å²) in [4.78, 5) is 12.0. The fraction of sp³-hybridized carbons (Fsp3) is 0.759. The minimum Gasteiger partial charge on any atom is -0.393 e. The van der Waals surface area contributed by atoms with Gasteiger partial charge in [0.15, 0.2) is 0 Å². The number of hydrogen-bond donors (Lipinski definition) is 2. The SMILES string of the molecule is CCCCC(C)NC1CC1.CCCC[C@H]1C(=O)CC[C@@H]1CC[C@@H](O)CCc1ccccc1. The van der Waals surface area contributed by atoms with Crippen LogP contribution >= 0.6 is 0 Å². The van der Waals surface area contributed by atoms with Crippen molar-refractivity contribution in [1.82, 2.24) is 5.32 Å². The second-order valence-electron chi connectivity index (χ2n) is 10.3. The molecule has 2 N–H and O–H groups in total. The van der Waals surface area contributed by atoms with Crippen LogP contribution in [0.3, 0.4) is 0 Å². The standard InChI is InChI=1S/C20H30O2.C9H19N/c1-2-3-9-19-17(12-15-20(19)22)11-14-18(21)13-10-16-7-5-4-6-8-16;1-3-4-5-8(2)10-9-6-7-9/h4-8,17-19,21H,2-3,9-15H2,1H3;8-10H,3-7H2,1-2H3/t17-,18-,19+;/m0./s1. The van der Waals surface area contributed by atoms with Crippen molar-refractivity contribution in [3.05, 3.63) is 35.9 Å². The van der Waals surface area contributed by atoms with Gasteiger partial charge in [0.25, 0.3) is 0 Å². The Bertz CT molecular complexity index is 613. The average Bonchev–Trinajstić information content (AvgIpc) is 3.55. The van der Waals surface area contributed by atoms with Crippen molar-refractivity contribution in [2.24, 2.45) is 11.8 Å². The Balaban J connectivity index is 0.000000303. The monoisotopic (exact) mass is 443 g/mol. The van der Waals surface area contributed by atoms with Crippen LogP contribution in [0.2, 0.25) is 0 Å². The minimum absolute atomic E-state index is 0.234. The number of aliphatic hydroxyl groups excluding tert-OH is 1. The van der Waals surface area contributed by atoms with Crippen LogP contribution in [0.1, 0.15) is 110 Å². The molecular weight excluding hydrogens is 394 g/mol. The van der Waals surface area contributed by atoms with Crippen molar-refractivity contribution >= 4 is 5.78 Å². The third-order valence-electron chi connectivity index (χ3n) is 7.18. The minimum atomic E-state index is -0.234. The topological polar surface area (TPSA) is 49.3 Å². The maximum Gasteiger partial charge on any atom is 0.136 e. The van der Waals surface area contributed by atoms with Crippen molar-refractivity contribution in [2.45, 2.75) is 129 Å². The first-order chi connectivity index (χ1) is 15.5. The predicted octanol–water partition coefficient (Wildman–Crippen LogP) is 6.86. The fourth-order valence-corrected chi connectivity index (χ4v) is 4.92. The molecule has 0 aliphatic heterocycles. The molecule has 3 rings (SSSR count). The molecule has 3 nitrogen and oxygen atoms in total. The van der Waals surface area contributed by atoms with Gasteiger partial charge in [0.2, 0.25) is 0 Å². The molecule has 1 aromatic carbocycles. The third-order valence-corrected chi connectivity index (χ3v) is 7.18. The Labute approximate surface area is 197 Å². The predicted molar refractivity (Wildman–Crippen MR) is 136 cm³/mol. The summed E-state index contributed by atoms with van der Waals surface area (Å²) in [5.41, 5.74) is 1.29. The number of unbranched alkanes of at least 4 members (excludes halogenated alkanes) is 2. The highest BCUT2D eigenvalue weighted by Crippen LogP contribution is 2.36. The lowest BCUT2D eigenvalue weighted by atomic mass is 9.86. The van der Waals surface area contributed by atoms with Gasteiger partial charge in [0.1, 0.15) is 5.78 Å². The van der Waals surface area contributed by atoms with E-state index in [1.807, 2.05) is 18.2 Å². The Hall–Kier alpha value is -1.19. The molecule has 2 fully saturated rings. The zero-order chi connectivity index (χ0) is 23.2. The van der Waals surface area contributed by atoms with Crippen LogP contribution < -0.4 is 5.32 Å². The van der Waals surface area contributed by atoms with Gasteiger partial charge in [-0.1, -0.05) is 69.9 Å². The van der Waals surface area contributed by atoms with E-state index in [-0.39, 0.29) is 12.0 Å². The van der Waals surface area contributed by atoms with Crippen LogP contribution in [-0.2, 0) is 11.2 Å². The van der Waals surface area contributed by atoms with Crippen LogP contribution in [0.4, 0.5) is 0 Å². The van der Waals surface area contributed by atoms with Crippen LogP contribution in [0.15, 0.2) is 30.3 Å². The van der Waals surface area contributed by atoms with Gasteiger partial charge in [-0.25, -0.2) is 0 Å². The highest BCUT2D eigenvalue weighted by atomic mass is 16.3. The number of aliphatic hydroxyl groups is 1. The first-order valence-electron chi connectivity index (χ1n) is 13.5. The summed E-state index contributed by atoms with van der Waals surface area (Å²) in [5.74, 6) is 1.27. The molecule has 2 aliphatic rings. The third kappa shape index (κ3) is 11.1. The summed E-state index contributed by atoms with van der Waals surface area (Å²) in [6, 6.07) is 12.0. The van der Waals surface area contributed by atoms with E-state index < -0.39 is 0 Å². The molecule has 0 spiro atoms. The molecule has 0 heterocycles. The van der Waals surface area contributed by atoms with Gasteiger partial charge in [-0.15, -0.1) is 0 Å². The largest absolute Gasteiger partial charge is 0.393 e. The molecule has 2 aliphatic carbocycles. The van der Waals surface area contributed by atoms with E-state index in [4.69, 9.17) is 0 Å². The lowest BCUT2D eigenvalue weighted by Gasteiger charge is -2.19. The number of carbonyl (C=O) groups is 1. The summed E-state index contributed by atoms with van der Waals surface area (Å²) in [7, 11) is 0. The van der Waals surface area contributed by atoms with Crippen molar-refractivity contribution in [3.63, 3.8) is 0 Å². The van der Waals surface area contributed by atoms with E-state index in [0.29, 0.717) is 11.7 Å². The summed E-state index contributed by atoms with van der Waals surface area (Å²) < 4.78 is 0. The Kier molecular flexibility index (Phi) is 13.2. The summed E-state index contributed by atoms with van der Waals surface area (Å²) in [5, 5.41) is 13.8. The van der Waals surface area contributed by atoms with Gasteiger partial charge >= 0.3 is 0 Å². The lowest BCUT2D eigenvalue weighted by molar-refractivity contribution is -0.121. The second-order valence-corrected chi connectivity index (χ2v) is 10.3. The van der Waals surface area contributed by atoms with Gasteiger partial charge in [-0.3, -0.25) is 4.79 Å². The molecule has 3 heteroatoms. The number of hydrogen-bond acceptors (Lipinski definition) is 3. The normalized spacial score (nSPS) is 22.3. The molecule has 1 aromatic rings. The lowest BCUT2D eigenvalue weighted by Crippen LogP contribution is -2.27. The molecule has 0 saturated heterocycles. The van der Waals surface area contributed by atoms with Crippen LogP contribution in [-0.4, -0.2) is 29.1 Å². The quantitative estimate of drug-likeness (QED) is 0.330. The van der Waals surface area contributed by atoms with Gasteiger partial charge in [0.05, 0.1) is 6.10 Å². The number of aryl methyl sites for hydroxylation is 1. The van der Waals surface area contributed by atoms with Crippen molar-refractivity contribution in [3.8, 4) is 0 Å². The molecule has 0 bridgehead atoms. The fourth-order valence-electron chi connectivity index (χ4n) is 4.92. The Morgan fingerprint density at radius 1 is 0.969 bits per heavy atom. The summed E-state index contributed by atoms with van der Waals surface area (Å²) >= 11 is 0. The first kappa shape index (κ1) is 27.1. The van der Waals surface area contributed by atoms with Crippen molar-refractivity contribution in [2.75, 3.05) is 0 Å². The second kappa shape index (κ2) is 15.6. The molecule has 4 atom stereocenters. The van der Waals surface area contributed by atoms with E-state index in [9.17, 15) is 9.90 Å². The summed E-state index contributed by atoms with van der Waals surface area (Å²) in [6.45, 7) is 6.74. The molecule has 1 unspecified atom stereocenters. The maximum absolute atomic E-state index is 12.0. The van der Waals surface area contributed by atoms with Crippen molar-refractivity contribution in [1.29, 1.82) is 0 Å². The number of carbonyl (C=O) groups excluding carboxylic acids is 1. The van der Waals surface area contributed by atoms with E-state index >= 15 is 0 Å². The number of Topliss-reactive ketones (excluding diaryl/α,β-unsaturated/α-hetero) is 1. The molecule has 0 amide bonds. The smallest absolute Gasteiger partial charge is 0.136 e. The Morgan fingerprint density at radius 2 is 1.69 bits per heavy atom. The van der Waals surface area contributed by atoms with Crippen LogP contribution in [0.5, 0.6) is 0 Å². The van der Waals surface area contributed by atoms with Gasteiger partial charge < -0.3 is 10.4 Å². The first-order valence-corrected chi connectivity index (χ1v) is 13.5.